The van der Waals surface area contributed by atoms with Gasteiger partial charge < -0.3 is 16.0 Å². The molecular formula is C14H29N3O2. The Labute approximate surface area is 116 Å². The van der Waals surface area contributed by atoms with Gasteiger partial charge in [0.2, 0.25) is 11.8 Å². The van der Waals surface area contributed by atoms with Crippen LogP contribution in [0.25, 0.3) is 0 Å². The van der Waals surface area contributed by atoms with Gasteiger partial charge in [-0.15, -0.1) is 0 Å². The van der Waals surface area contributed by atoms with Crippen molar-refractivity contribution in [2.24, 2.45) is 5.92 Å². The predicted octanol–water partition coefficient (Wildman–Crippen LogP) is 1.04. The van der Waals surface area contributed by atoms with Crippen molar-refractivity contribution < 1.29 is 9.59 Å². The van der Waals surface area contributed by atoms with Gasteiger partial charge in [-0.2, -0.15) is 0 Å². The topological polar surface area (TPSA) is 70.2 Å². The fourth-order valence-corrected chi connectivity index (χ4v) is 1.43. The van der Waals surface area contributed by atoms with E-state index in [4.69, 9.17) is 0 Å². The molecule has 0 saturated carbocycles. The summed E-state index contributed by atoms with van der Waals surface area (Å²) in [6, 6.07) is -0.277. The van der Waals surface area contributed by atoms with Gasteiger partial charge in [0.05, 0.1) is 6.04 Å². The van der Waals surface area contributed by atoms with Crippen LogP contribution in [0.1, 0.15) is 48.0 Å². The fraction of sp³-hybridized carbons (Fsp3) is 0.857. The minimum Gasteiger partial charge on any atom is -0.354 e. The first-order chi connectivity index (χ1) is 8.61. The second-order valence-electron chi connectivity index (χ2n) is 6.36. The molecular weight excluding hydrogens is 242 g/mol. The summed E-state index contributed by atoms with van der Waals surface area (Å²) in [5, 5.41) is 8.79. The van der Waals surface area contributed by atoms with Crippen molar-refractivity contribution in [1.29, 1.82) is 0 Å². The average molecular weight is 271 g/mol. The number of carbonyl (C=O) groups is 2. The Morgan fingerprint density at radius 2 is 1.68 bits per heavy atom. The molecule has 0 spiro atoms. The summed E-state index contributed by atoms with van der Waals surface area (Å²) >= 11 is 0. The molecule has 5 heteroatoms. The number of hydrogen-bond acceptors (Lipinski definition) is 3. The van der Waals surface area contributed by atoms with Gasteiger partial charge in [-0.05, 0) is 33.6 Å². The maximum Gasteiger partial charge on any atom is 0.236 e. The number of carbonyl (C=O) groups excluding carboxylic acids is 2. The first-order valence-corrected chi connectivity index (χ1v) is 6.94. The molecule has 5 nitrogen and oxygen atoms in total. The Kier molecular flexibility index (Phi) is 7.68. The van der Waals surface area contributed by atoms with E-state index in [1.54, 1.807) is 6.92 Å². The Bertz CT molecular complexity index is 296. The van der Waals surface area contributed by atoms with Crippen LogP contribution in [-0.4, -0.2) is 36.5 Å². The standard InChI is InChI=1S/C14H29N3O2/c1-10(2)9-16-13(19)11(3)15-8-7-12(18)17-14(4,5)6/h10-11,15H,7-9H2,1-6H3,(H,16,19)(H,17,18). The molecule has 112 valence electrons. The summed E-state index contributed by atoms with van der Waals surface area (Å²) in [5.41, 5.74) is -0.211. The predicted molar refractivity (Wildman–Crippen MR) is 77.8 cm³/mol. The maximum atomic E-state index is 11.7. The number of amides is 2. The van der Waals surface area contributed by atoms with E-state index in [1.165, 1.54) is 0 Å². The summed E-state index contributed by atoms with van der Waals surface area (Å²) in [6.07, 6.45) is 0.374. The second kappa shape index (κ2) is 8.15. The van der Waals surface area contributed by atoms with Gasteiger partial charge in [0.15, 0.2) is 0 Å². The van der Waals surface area contributed by atoms with Crippen molar-refractivity contribution in [3.8, 4) is 0 Å². The Morgan fingerprint density at radius 3 is 2.16 bits per heavy atom. The van der Waals surface area contributed by atoms with Crippen LogP contribution in [0, 0.1) is 5.92 Å². The quantitative estimate of drug-likeness (QED) is 0.648. The summed E-state index contributed by atoms with van der Waals surface area (Å²) in [7, 11) is 0. The molecule has 0 radical (unpaired) electrons. The largest absolute Gasteiger partial charge is 0.354 e. The van der Waals surface area contributed by atoms with Gasteiger partial charge in [0.25, 0.3) is 0 Å². The van der Waals surface area contributed by atoms with E-state index in [2.05, 4.69) is 29.8 Å². The molecule has 0 aliphatic heterocycles. The van der Waals surface area contributed by atoms with Crippen molar-refractivity contribution in [2.45, 2.75) is 59.5 Å². The van der Waals surface area contributed by atoms with Crippen molar-refractivity contribution in [1.82, 2.24) is 16.0 Å². The number of hydrogen-bond donors (Lipinski definition) is 3. The van der Waals surface area contributed by atoms with E-state index in [0.717, 1.165) is 0 Å². The number of rotatable bonds is 7. The highest BCUT2D eigenvalue weighted by atomic mass is 16.2. The molecule has 0 aliphatic carbocycles. The molecule has 0 heterocycles. The third kappa shape index (κ3) is 10.5. The highest BCUT2D eigenvalue weighted by molar-refractivity contribution is 5.81. The lowest BCUT2D eigenvalue weighted by atomic mass is 10.1. The van der Waals surface area contributed by atoms with Crippen molar-refractivity contribution in [2.75, 3.05) is 13.1 Å². The Morgan fingerprint density at radius 1 is 1.11 bits per heavy atom. The van der Waals surface area contributed by atoms with Crippen molar-refractivity contribution >= 4 is 11.8 Å². The SMILES string of the molecule is CC(C)CNC(=O)C(C)NCCC(=O)NC(C)(C)C. The van der Waals surface area contributed by atoms with Gasteiger partial charge in [-0.25, -0.2) is 0 Å². The van der Waals surface area contributed by atoms with Gasteiger partial charge in [0, 0.05) is 25.0 Å². The van der Waals surface area contributed by atoms with E-state index >= 15 is 0 Å². The number of nitrogens with one attached hydrogen (secondary N) is 3. The fourth-order valence-electron chi connectivity index (χ4n) is 1.43. The van der Waals surface area contributed by atoms with Crippen LogP contribution in [-0.2, 0) is 9.59 Å². The molecule has 3 N–H and O–H groups in total. The van der Waals surface area contributed by atoms with Crippen LogP contribution in [0.2, 0.25) is 0 Å². The Balaban J connectivity index is 3.82. The lowest BCUT2D eigenvalue weighted by Gasteiger charge is -2.21. The molecule has 0 bridgehead atoms. The monoisotopic (exact) mass is 271 g/mol. The molecule has 1 atom stereocenters. The minimum absolute atomic E-state index is 0.00483. The van der Waals surface area contributed by atoms with Crippen LogP contribution in [0.5, 0.6) is 0 Å². The van der Waals surface area contributed by atoms with Crippen LogP contribution in [0.4, 0.5) is 0 Å². The van der Waals surface area contributed by atoms with Crippen molar-refractivity contribution in [3.63, 3.8) is 0 Å². The van der Waals surface area contributed by atoms with Crippen LogP contribution in [0.3, 0.4) is 0 Å². The first kappa shape index (κ1) is 17.9. The van der Waals surface area contributed by atoms with E-state index in [0.29, 0.717) is 25.4 Å². The minimum atomic E-state index is -0.277. The van der Waals surface area contributed by atoms with Gasteiger partial charge in [-0.3, -0.25) is 9.59 Å². The van der Waals surface area contributed by atoms with Crippen LogP contribution < -0.4 is 16.0 Å². The lowest BCUT2D eigenvalue weighted by molar-refractivity contribution is -0.124. The zero-order chi connectivity index (χ0) is 15.1. The summed E-state index contributed by atoms with van der Waals surface area (Å²) in [4.78, 5) is 23.3. The van der Waals surface area contributed by atoms with Crippen molar-refractivity contribution in [3.05, 3.63) is 0 Å². The molecule has 19 heavy (non-hydrogen) atoms. The van der Waals surface area contributed by atoms with E-state index in [-0.39, 0.29) is 23.4 Å². The maximum absolute atomic E-state index is 11.7. The zero-order valence-electron chi connectivity index (χ0n) is 13.1. The van der Waals surface area contributed by atoms with E-state index < -0.39 is 0 Å². The van der Waals surface area contributed by atoms with Crippen LogP contribution in [0.15, 0.2) is 0 Å². The third-order valence-corrected chi connectivity index (χ3v) is 2.39. The molecule has 0 aromatic heterocycles. The highest BCUT2D eigenvalue weighted by Crippen LogP contribution is 1.98. The first-order valence-electron chi connectivity index (χ1n) is 6.94. The molecule has 0 rings (SSSR count). The molecule has 0 aromatic rings. The summed E-state index contributed by atoms with van der Waals surface area (Å²) < 4.78 is 0. The molecule has 0 saturated heterocycles. The average Bonchev–Trinajstić information content (AvgIpc) is 2.22. The molecule has 1 unspecified atom stereocenters. The molecule has 2 amide bonds. The zero-order valence-corrected chi connectivity index (χ0v) is 13.1. The van der Waals surface area contributed by atoms with E-state index in [1.807, 2.05) is 20.8 Å². The summed E-state index contributed by atoms with van der Waals surface area (Å²) in [6.45, 7) is 12.9. The normalized spacial score (nSPS) is 13.2. The summed E-state index contributed by atoms with van der Waals surface area (Å²) in [5.74, 6) is 0.411. The Hall–Kier alpha value is -1.10. The second-order valence-corrected chi connectivity index (χ2v) is 6.36. The molecule has 0 aliphatic rings. The lowest BCUT2D eigenvalue weighted by Crippen LogP contribution is -2.45. The van der Waals surface area contributed by atoms with E-state index in [9.17, 15) is 9.59 Å². The van der Waals surface area contributed by atoms with Gasteiger partial charge >= 0.3 is 0 Å². The highest BCUT2D eigenvalue weighted by Gasteiger charge is 2.15. The van der Waals surface area contributed by atoms with Crippen LogP contribution >= 0.6 is 0 Å². The smallest absolute Gasteiger partial charge is 0.236 e. The molecule has 0 aromatic carbocycles. The van der Waals surface area contributed by atoms with Gasteiger partial charge in [0.1, 0.15) is 0 Å². The molecule has 0 fully saturated rings. The van der Waals surface area contributed by atoms with Gasteiger partial charge in [-0.1, -0.05) is 13.8 Å². The third-order valence-electron chi connectivity index (χ3n) is 2.39.